The van der Waals surface area contributed by atoms with Crippen molar-refractivity contribution < 1.29 is 14.3 Å². The summed E-state index contributed by atoms with van der Waals surface area (Å²) in [6, 6.07) is 4.00. The van der Waals surface area contributed by atoms with Crippen LogP contribution in [0.15, 0.2) is 12.1 Å². The summed E-state index contributed by atoms with van der Waals surface area (Å²) in [6.07, 6.45) is 1.51. The van der Waals surface area contributed by atoms with Gasteiger partial charge in [0.25, 0.3) is 0 Å². The predicted octanol–water partition coefficient (Wildman–Crippen LogP) is 5.07. The summed E-state index contributed by atoms with van der Waals surface area (Å²) in [7, 11) is 0. The molecule has 0 aliphatic carbocycles. The molecule has 0 saturated heterocycles. The molecule has 154 valence electrons. The summed E-state index contributed by atoms with van der Waals surface area (Å²) in [5.74, 6) is 1.89. The quantitative estimate of drug-likeness (QED) is 0.431. The molecule has 29 heavy (non-hydrogen) atoms. The van der Waals surface area contributed by atoms with Gasteiger partial charge in [0.05, 0.1) is 0 Å². The zero-order valence-corrected chi connectivity index (χ0v) is 19.0. The van der Waals surface area contributed by atoms with Crippen molar-refractivity contribution in [2.45, 2.75) is 66.9 Å². The minimum atomic E-state index is -0.645. The molecular formula is C23H28N2O3S. The minimum absolute atomic E-state index is 0.316. The highest BCUT2D eigenvalue weighted by molar-refractivity contribution is 7.80. The van der Waals surface area contributed by atoms with E-state index in [1.54, 1.807) is 0 Å². The summed E-state index contributed by atoms with van der Waals surface area (Å²) in [5, 5.41) is 3.28. The smallest absolute Gasteiger partial charge is 0.308 e. The van der Waals surface area contributed by atoms with E-state index in [0.29, 0.717) is 10.7 Å². The van der Waals surface area contributed by atoms with Gasteiger partial charge in [-0.05, 0) is 88.8 Å². The van der Waals surface area contributed by atoms with E-state index < -0.39 is 5.60 Å². The number of carbonyl (C=O) groups excluding carboxylic acids is 1. The first kappa shape index (κ1) is 21.2. The number of rotatable bonds is 3. The van der Waals surface area contributed by atoms with Crippen LogP contribution < -0.4 is 14.8 Å². The lowest BCUT2D eigenvalue weighted by Crippen LogP contribution is -2.47. The van der Waals surface area contributed by atoms with Gasteiger partial charge >= 0.3 is 5.97 Å². The molecule has 0 spiro atoms. The van der Waals surface area contributed by atoms with Gasteiger partial charge in [-0.15, -0.1) is 0 Å². The fourth-order valence-corrected chi connectivity index (χ4v) is 4.09. The lowest BCUT2D eigenvalue weighted by atomic mass is 9.87. The summed E-state index contributed by atoms with van der Waals surface area (Å²) in [5.41, 5.74) is 5.34. The van der Waals surface area contributed by atoms with Crippen molar-refractivity contribution in [2.24, 2.45) is 0 Å². The third-order valence-electron chi connectivity index (χ3n) is 5.56. The molecule has 3 rings (SSSR count). The Bertz CT molecular complexity index is 996. The largest absolute Gasteiger partial charge is 0.480 e. The summed E-state index contributed by atoms with van der Waals surface area (Å²) < 4.78 is 12.0. The number of anilines is 1. The molecule has 0 amide bonds. The van der Waals surface area contributed by atoms with E-state index >= 15 is 0 Å². The second-order valence-corrected chi connectivity index (χ2v) is 8.47. The van der Waals surface area contributed by atoms with E-state index in [1.165, 1.54) is 6.92 Å². The normalized spacial score (nSPS) is 17.9. The summed E-state index contributed by atoms with van der Waals surface area (Å²) in [6.45, 7) is 13.4. The first-order chi connectivity index (χ1) is 13.5. The van der Waals surface area contributed by atoms with E-state index in [2.05, 4.69) is 10.3 Å². The van der Waals surface area contributed by atoms with Gasteiger partial charge in [0, 0.05) is 18.2 Å². The molecule has 2 heterocycles. The van der Waals surface area contributed by atoms with Crippen LogP contribution >= 0.6 is 12.2 Å². The van der Waals surface area contributed by atoms with Crippen LogP contribution in [0.25, 0.3) is 0 Å². The number of pyridine rings is 1. The molecule has 0 radical (unpaired) electrons. The lowest BCUT2D eigenvalue weighted by molar-refractivity contribution is -0.132. The molecule has 0 fully saturated rings. The Morgan fingerprint density at radius 3 is 2.48 bits per heavy atom. The molecule has 1 unspecified atom stereocenters. The maximum atomic E-state index is 11.5. The second-order valence-electron chi connectivity index (χ2n) is 8.06. The second kappa shape index (κ2) is 7.75. The number of aromatic nitrogens is 1. The van der Waals surface area contributed by atoms with E-state index in [0.717, 1.165) is 57.9 Å². The molecule has 0 bridgehead atoms. The van der Waals surface area contributed by atoms with E-state index in [4.69, 9.17) is 21.7 Å². The third-order valence-corrected chi connectivity index (χ3v) is 6.09. The number of aryl methyl sites for hydroxylation is 2. The maximum Gasteiger partial charge on any atom is 0.308 e. The van der Waals surface area contributed by atoms with Gasteiger partial charge in [-0.2, -0.15) is 0 Å². The van der Waals surface area contributed by atoms with Gasteiger partial charge in [0.2, 0.25) is 0 Å². The Morgan fingerprint density at radius 2 is 1.86 bits per heavy atom. The van der Waals surface area contributed by atoms with Crippen LogP contribution in [0.2, 0.25) is 0 Å². The fourth-order valence-electron chi connectivity index (χ4n) is 3.85. The number of thiocarbonyl (C=S) groups is 1. The average Bonchev–Trinajstić information content (AvgIpc) is 2.62. The monoisotopic (exact) mass is 412 g/mol. The van der Waals surface area contributed by atoms with E-state index in [1.807, 2.05) is 53.7 Å². The van der Waals surface area contributed by atoms with Crippen LogP contribution in [0, 0.1) is 34.6 Å². The van der Waals surface area contributed by atoms with E-state index in [9.17, 15) is 4.79 Å². The zero-order valence-electron chi connectivity index (χ0n) is 18.1. The average molecular weight is 413 g/mol. The summed E-state index contributed by atoms with van der Waals surface area (Å²) in [4.78, 5) is 16.7. The number of nitrogens with one attached hydrogen (secondary N) is 1. The van der Waals surface area contributed by atoms with Crippen molar-refractivity contribution in [3.05, 3.63) is 45.6 Å². The number of nitrogens with zero attached hydrogens (tertiary/aromatic N) is 1. The zero-order chi connectivity index (χ0) is 21.5. The number of fused-ring (bicyclic) bond motifs is 1. The third kappa shape index (κ3) is 4.13. The van der Waals surface area contributed by atoms with Gasteiger partial charge in [-0.25, -0.2) is 4.98 Å². The molecule has 6 heteroatoms. The van der Waals surface area contributed by atoms with Gasteiger partial charge in [-0.3, -0.25) is 4.79 Å². The Morgan fingerprint density at radius 1 is 1.17 bits per heavy atom. The van der Waals surface area contributed by atoms with Crippen molar-refractivity contribution in [3.8, 4) is 11.5 Å². The van der Waals surface area contributed by atoms with Crippen molar-refractivity contribution >= 4 is 29.0 Å². The highest BCUT2D eigenvalue weighted by Crippen LogP contribution is 2.44. The number of hydrogen-bond donors (Lipinski definition) is 1. The van der Waals surface area contributed by atoms with Crippen LogP contribution in [-0.4, -0.2) is 21.5 Å². The van der Waals surface area contributed by atoms with Crippen LogP contribution in [0.1, 0.15) is 53.8 Å². The summed E-state index contributed by atoms with van der Waals surface area (Å²) >= 11 is 5.73. The molecule has 1 aromatic carbocycles. The Kier molecular flexibility index (Phi) is 5.68. The number of esters is 1. The van der Waals surface area contributed by atoms with Crippen LogP contribution in [0.4, 0.5) is 5.82 Å². The molecule has 1 N–H and O–H groups in total. The highest BCUT2D eigenvalue weighted by atomic mass is 32.1. The van der Waals surface area contributed by atoms with Gasteiger partial charge in [-0.1, -0.05) is 12.2 Å². The molecule has 1 atom stereocenters. The van der Waals surface area contributed by atoms with Gasteiger partial charge in [0.15, 0.2) is 5.60 Å². The van der Waals surface area contributed by atoms with Gasteiger partial charge < -0.3 is 14.8 Å². The molecule has 5 nitrogen and oxygen atoms in total. The molecule has 1 aliphatic heterocycles. The number of benzene rings is 1. The Labute approximate surface area is 177 Å². The number of carbonyl (C=O) groups is 1. The molecular weight excluding hydrogens is 384 g/mol. The standard InChI is InChI=1S/C23H28N2O3S/c1-12-10-13(2)24-19(11-12)25-22(29)23(7)9-8-18-16(5)20(27-17(6)26)14(3)15(4)21(18)28-23/h10-11H,8-9H2,1-7H3,(H,24,25,29). The lowest BCUT2D eigenvalue weighted by Gasteiger charge is -2.38. The Hall–Kier alpha value is -2.47. The predicted molar refractivity (Wildman–Crippen MR) is 119 cm³/mol. The first-order valence-electron chi connectivity index (χ1n) is 9.78. The molecule has 0 saturated carbocycles. The Balaban J connectivity index is 1.93. The SMILES string of the molecule is CC(=O)Oc1c(C)c(C)c2c(c1C)CCC(C)(C(=S)Nc1cc(C)cc(C)n1)O2. The first-order valence-corrected chi connectivity index (χ1v) is 10.2. The van der Waals surface area contributed by atoms with Crippen LogP contribution in [-0.2, 0) is 11.2 Å². The van der Waals surface area contributed by atoms with Crippen molar-refractivity contribution in [3.63, 3.8) is 0 Å². The van der Waals surface area contributed by atoms with Crippen molar-refractivity contribution in [2.75, 3.05) is 5.32 Å². The molecule has 1 aliphatic rings. The number of ether oxygens (including phenoxy) is 2. The maximum absolute atomic E-state index is 11.5. The molecule has 1 aromatic heterocycles. The van der Waals surface area contributed by atoms with Crippen molar-refractivity contribution in [1.82, 2.24) is 4.98 Å². The van der Waals surface area contributed by atoms with Crippen LogP contribution in [0.5, 0.6) is 11.5 Å². The molecule has 2 aromatic rings. The minimum Gasteiger partial charge on any atom is -0.480 e. The number of hydrogen-bond acceptors (Lipinski definition) is 5. The van der Waals surface area contributed by atoms with Gasteiger partial charge in [0.1, 0.15) is 22.3 Å². The van der Waals surface area contributed by atoms with Crippen molar-refractivity contribution in [1.29, 1.82) is 0 Å². The highest BCUT2D eigenvalue weighted by Gasteiger charge is 2.38. The van der Waals surface area contributed by atoms with E-state index in [-0.39, 0.29) is 5.97 Å². The topological polar surface area (TPSA) is 60.5 Å². The van der Waals surface area contributed by atoms with Crippen LogP contribution in [0.3, 0.4) is 0 Å². The fraction of sp³-hybridized carbons (Fsp3) is 0.435.